The van der Waals surface area contributed by atoms with E-state index < -0.39 is 0 Å². The lowest BCUT2D eigenvalue weighted by molar-refractivity contribution is -0.120. The highest BCUT2D eigenvalue weighted by Crippen LogP contribution is 2.32. The number of thioether (sulfide) groups is 1. The van der Waals surface area contributed by atoms with Gasteiger partial charge in [0.25, 0.3) is 5.56 Å². The fraction of sp³-hybridized carbons (Fsp3) is 0.286. The monoisotopic (exact) mass is 413 g/mol. The number of allylic oxidation sites excluding steroid dienone is 1. The number of fused-ring (bicyclic) bond motifs is 1. The molecule has 1 amide bonds. The predicted octanol–water partition coefficient (Wildman–Crippen LogP) is 4.32. The SMILES string of the molecule is C=CCn1c(SC(C)C(=O)NC(C)C)nc2sc(-c3ccccc3)cc2c1=O. The van der Waals surface area contributed by atoms with E-state index in [0.717, 1.165) is 10.4 Å². The average molecular weight is 414 g/mol. The summed E-state index contributed by atoms with van der Waals surface area (Å²) in [5.41, 5.74) is 0.946. The van der Waals surface area contributed by atoms with E-state index >= 15 is 0 Å². The molecule has 1 atom stereocenters. The lowest BCUT2D eigenvalue weighted by Crippen LogP contribution is -2.36. The van der Waals surface area contributed by atoms with Gasteiger partial charge in [-0.3, -0.25) is 14.2 Å². The Morgan fingerprint density at radius 3 is 2.68 bits per heavy atom. The Hall–Kier alpha value is -2.38. The molecule has 0 aliphatic carbocycles. The molecule has 146 valence electrons. The van der Waals surface area contributed by atoms with Crippen LogP contribution in [-0.2, 0) is 11.3 Å². The molecule has 3 aromatic rings. The van der Waals surface area contributed by atoms with Crippen molar-refractivity contribution in [2.24, 2.45) is 0 Å². The van der Waals surface area contributed by atoms with Crippen LogP contribution in [0.15, 0.2) is 59.0 Å². The molecule has 0 bridgehead atoms. The van der Waals surface area contributed by atoms with Crippen LogP contribution in [0.5, 0.6) is 0 Å². The molecule has 0 spiro atoms. The van der Waals surface area contributed by atoms with Crippen LogP contribution in [0.4, 0.5) is 0 Å². The summed E-state index contributed by atoms with van der Waals surface area (Å²) in [5, 5.41) is 3.66. The van der Waals surface area contributed by atoms with Crippen molar-refractivity contribution >= 4 is 39.2 Å². The van der Waals surface area contributed by atoms with Gasteiger partial charge in [-0.1, -0.05) is 48.2 Å². The van der Waals surface area contributed by atoms with Crippen LogP contribution in [0.1, 0.15) is 20.8 Å². The molecule has 0 aliphatic heterocycles. The standard InChI is InChI=1S/C21H23N3O2S2/c1-5-11-24-20(26)16-12-17(15-9-7-6-8-10-15)28-19(16)23-21(24)27-14(4)18(25)22-13(2)3/h5-10,12-14H,1,11H2,2-4H3,(H,22,25). The van der Waals surface area contributed by atoms with Crippen molar-refractivity contribution in [2.75, 3.05) is 0 Å². The Balaban J connectivity index is 2.04. The summed E-state index contributed by atoms with van der Waals surface area (Å²) in [6.07, 6.45) is 1.67. The number of carbonyl (C=O) groups excluding carboxylic acids is 1. The first-order valence-corrected chi connectivity index (χ1v) is 10.8. The topological polar surface area (TPSA) is 64.0 Å². The number of benzene rings is 1. The number of nitrogens with one attached hydrogen (secondary N) is 1. The molecule has 5 nitrogen and oxygen atoms in total. The van der Waals surface area contributed by atoms with Gasteiger partial charge in [-0.2, -0.15) is 0 Å². The normalized spacial score (nSPS) is 12.3. The summed E-state index contributed by atoms with van der Waals surface area (Å²) in [6, 6.07) is 11.9. The van der Waals surface area contributed by atoms with Gasteiger partial charge in [0, 0.05) is 17.5 Å². The lowest BCUT2D eigenvalue weighted by Gasteiger charge is -2.16. The van der Waals surface area contributed by atoms with Gasteiger partial charge in [0.05, 0.1) is 10.6 Å². The molecule has 0 fully saturated rings. The smallest absolute Gasteiger partial charge is 0.263 e. The number of nitrogens with zero attached hydrogens (tertiary/aromatic N) is 2. The second kappa shape index (κ2) is 8.75. The van der Waals surface area contributed by atoms with Gasteiger partial charge in [-0.15, -0.1) is 17.9 Å². The maximum Gasteiger partial charge on any atom is 0.263 e. The molecule has 0 radical (unpaired) electrons. The first-order chi connectivity index (χ1) is 13.4. The quantitative estimate of drug-likeness (QED) is 0.356. The lowest BCUT2D eigenvalue weighted by atomic mass is 10.2. The Kier molecular flexibility index (Phi) is 6.36. The summed E-state index contributed by atoms with van der Waals surface area (Å²) in [7, 11) is 0. The van der Waals surface area contributed by atoms with Crippen molar-refractivity contribution in [2.45, 2.75) is 43.8 Å². The van der Waals surface area contributed by atoms with Crippen LogP contribution in [0, 0.1) is 0 Å². The minimum absolute atomic E-state index is 0.0621. The van der Waals surface area contributed by atoms with Crippen LogP contribution in [-0.4, -0.2) is 26.8 Å². The molecule has 0 aliphatic rings. The summed E-state index contributed by atoms with van der Waals surface area (Å²) in [5.74, 6) is -0.0735. The third-order valence-corrected chi connectivity index (χ3v) is 6.24. The summed E-state index contributed by atoms with van der Waals surface area (Å²) < 4.78 is 1.58. The average Bonchev–Trinajstić information content (AvgIpc) is 3.09. The summed E-state index contributed by atoms with van der Waals surface area (Å²) in [4.78, 5) is 31.8. The maximum atomic E-state index is 13.1. The van der Waals surface area contributed by atoms with E-state index in [1.807, 2.05) is 57.2 Å². The molecule has 28 heavy (non-hydrogen) atoms. The Labute approximate surface area is 172 Å². The van der Waals surface area contributed by atoms with E-state index in [-0.39, 0.29) is 22.8 Å². The molecule has 0 saturated heterocycles. The van der Waals surface area contributed by atoms with Crippen LogP contribution >= 0.6 is 23.1 Å². The van der Waals surface area contributed by atoms with Crippen LogP contribution in [0.25, 0.3) is 20.7 Å². The van der Waals surface area contributed by atoms with Crippen LogP contribution < -0.4 is 10.9 Å². The van der Waals surface area contributed by atoms with Gasteiger partial charge in [-0.25, -0.2) is 4.98 Å². The third kappa shape index (κ3) is 4.36. The minimum atomic E-state index is -0.364. The van der Waals surface area contributed by atoms with Gasteiger partial charge in [0.2, 0.25) is 5.91 Å². The number of aromatic nitrogens is 2. The van der Waals surface area contributed by atoms with Crippen molar-refractivity contribution in [1.29, 1.82) is 0 Å². The Morgan fingerprint density at radius 1 is 1.32 bits per heavy atom. The number of rotatable bonds is 7. The van der Waals surface area contributed by atoms with Gasteiger partial charge < -0.3 is 5.32 Å². The fourth-order valence-electron chi connectivity index (χ4n) is 2.74. The zero-order valence-electron chi connectivity index (χ0n) is 16.1. The molecule has 1 aromatic carbocycles. The zero-order chi connectivity index (χ0) is 20.3. The molecule has 7 heteroatoms. The highest BCUT2D eigenvalue weighted by molar-refractivity contribution is 8.00. The van der Waals surface area contributed by atoms with Crippen LogP contribution in [0.2, 0.25) is 0 Å². The summed E-state index contributed by atoms with van der Waals surface area (Å²) in [6.45, 7) is 9.76. The molecule has 2 heterocycles. The van der Waals surface area contributed by atoms with E-state index in [2.05, 4.69) is 11.9 Å². The first kappa shape index (κ1) is 20.4. The number of carbonyl (C=O) groups is 1. The van der Waals surface area contributed by atoms with Crippen molar-refractivity contribution in [3.05, 3.63) is 59.4 Å². The highest BCUT2D eigenvalue weighted by atomic mass is 32.2. The van der Waals surface area contributed by atoms with Crippen molar-refractivity contribution in [3.63, 3.8) is 0 Å². The first-order valence-electron chi connectivity index (χ1n) is 9.08. The van der Waals surface area contributed by atoms with Crippen molar-refractivity contribution in [3.8, 4) is 10.4 Å². The van der Waals surface area contributed by atoms with Gasteiger partial charge in [0.1, 0.15) is 4.83 Å². The Morgan fingerprint density at radius 2 is 2.04 bits per heavy atom. The van der Waals surface area contributed by atoms with Gasteiger partial charge >= 0.3 is 0 Å². The number of amides is 1. The summed E-state index contributed by atoms with van der Waals surface area (Å²) >= 11 is 2.78. The highest BCUT2D eigenvalue weighted by Gasteiger charge is 2.20. The number of thiophene rings is 1. The van der Waals surface area contributed by atoms with Gasteiger partial charge in [0.15, 0.2) is 5.16 Å². The second-order valence-electron chi connectivity index (χ2n) is 6.72. The molecule has 0 saturated carbocycles. The van der Waals surface area contributed by atoms with E-state index in [1.54, 1.807) is 10.6 Å². The molecule has 1 unspecified atom stereocenters. The Bertz CT molecular complexity index is 1050. The minimum Gasteiger partial charge on any atom is -0.353 e. The second-order valence-corrected chi connectivity index (χ2v) is 9.06. The molecule has 3 rings (SSSR count). The van der Waals surface area contributed by atoms with E-state index in [1.165, 1.54) is 23.1 Å². The van der Waals surface area contributed by atoms with E-state index in [0.29, 0.717) is 21.9 Å². The molecule has 1 N–H and O–H groups in total. The number of hydrogen-bond acceptors (Lipinski definition) is 5. The zero-order valence-corrected chi connectivity index (χ0v) is 17.8. The van der Waals surface area contributed by atoms with Crippen molar-refractivity contribution in [1.82, 2.24) is 14.9 Å². The molecular formula is C21H23N3O2S2. The predicted molar refractivity (Wildman–Crippen MR) is 118 cm³/mol. The fourth-order valence-corrected chi connectivity index (χ4v) is 4.74. The largest absolute Gasteiger partial charge is 0.353 e. The molecule has 2 aromatic heterocycles. The van der Waals surface area contributed by atoms with E-state index in [9.17, 15) is 9.59 Å². The molecular weight excluding hydrogens is 390 g/mol. The van der Waals surface area contributed by atoms with Crippen LogP contribution in [0.3, 0.4) is 0 Å². The van der Waals surface area contributed by atoms with Gasteiger partial charge in [-0.05, 0) is 32.4 Å². The third-order valence-electron chi connectivity index (χ3n) is 4.07. The number of hydrogen-bond donors (Lipinski definition) is 1. The maximum absolute atomic E-state index is 13.1. The van der Waals surface area contributed by atoms with Crippen molar-refractivity contribution < 1.29 is 4.79 Å². The van der Waals surface area contributed by atoms with E-state index in [4.69, 9.17) is 4.98 Å².